The molecular formula is C8H12N4. The van der Waals surface area contributed by atoms with Gasteiger partial charge in [0.15, 0.2) is 0 Å². The predicted octanol–water partition coefficient (Wildman–Crippen LogP) is 1.48. The van der Waals surface area contributed by atoms with Crippen LogP contribution in [0.5, 0.6) is 0 Å². The third-order valence-electron chi connectivity index (χ3n) is 0.887. The first-order valence-electron chi connectivity index (χ1n) is 3.26. The van der Waals surface area contributed by atoms with Gasteiger partial charge in [0.25, 0.3) is 0 Å². The Morgan fingerprint density at radius 3 is 1.83 bits per heavy atom. The zero-order valence-corrected chi connectivity index (χ0v) is 7.52. The van der Waals surface area contributed by atoms with Crippen molar-refractivity contribution in [1.82, 2.24) is 9.55 Å². The van der Waals surface area contributed by atoms with Crippen LogP contribution in [0.15, 0.2) is 18.7 Å². The number of nitrogens with zero attached hydrogens (tertiary/aromatic N) is 4. The van der Waals surface area contributed by atoms with Gasteiger partial charge in [0.2, 0.25) is 0 Å². The first kappa shape index (κ1) is 12.8. The summed E-state index contributed by atoms with van der Waals surface area (Å²) in [4.78, 5) is 3.78. The molecule has 0 bridgehead atoms. The summed E-state index contributed by atoms with van der Waals surface area (Å²) in [5.74, 6) is 5.36. The molecule has 0 atom stereocenters. The molecule has 0 aliphatic rings. The first-order chi connectivity index (χ1) is 5.81. The number of hydrogen-bond acceptors (Lipinski definition) is 3. The van der Waals surface area contributed by atoms with Crippen molar-refractivity contribution in [2.45, 2.75) is 13.8 Å². The molecular weight excluding hydrogens is 152 g/mol. The molecule has 12 heavy (non-hydrogen) atoms. The second-order valence-electron chi connectivity index (χ2n) is 1.73. The molecule has 1 aromatic rings. The number of imidazole rings is 1. The minimum Gasteiger partial charge on any atom is -0.341 e. The predicted molar refractivity (Wildman–Crippen MR) is 45.8 cm³/mol. The zero-order chi connectivity index (χ0) is 9.82. The van der Waals surface area contributed by atoms with Crippen LogP contribution in [0.3, 0.4) is 0 Å². The maximum absolute atomic E-state index is 6.00. The second-order valence-corrected chi connectivity index (χ2v) is 1.73. The number of aryl methyl sites for hydroxylation is 1. The van der Waals surface area contributed by atoms with Crippen LogP contribution >= 0.6 is 0 Å². The van der Waals surface area contributed by atoms with Gasteiger partial charge in [-0.1, -0.05) is 0 Å². The average Bonchev–Trinajstić information content (AvgIpc) is 2.60. The Bertz CT molecular complexity index is 231. The summed E-state index contributed by atoms with van der Waals surface area (Å²) in [6.07, 6.45) is 5.39. The van der Waals surface area contributed by atoms with Gasteiger partial charge in [-0.2, -0.15) is 0 Å². The van der Waals surface area contributed by atoms with E-state index in [0.717, 1.165) is 0 Å². The lowest BCUT2D eigenvalue weighted by Gasteiger charge is -1.76. The average molecular weight is 164 g/mol. The van der Waals surface area contributed by atoms with Gasteiger partial charge in [0.05, 0.1) is 6.33 Å². The fraction of sp³-hybridized carbons (Fsp3) is 0.375. The van der Waals surface area contributed by atoms with Gasteiger partial charge < -0.3 is 4.57 Å². The van der Waals surface area contributed by atoms with Crippen molar-refractivity contribution in [3.05, 3.63) is 18.7 Å². The summed E-state index contributed by atoms with van der Waals surface area (Å²) in [6, 6.07) is 0. The van der Waals surface area contributed by atoms with E-state index >= 15 is 0 Å². The molecule has 0 spiro atoms. The summed E-state index contributed by atoms with van der Waals surface area (Å²) in [7, 11) is 1.94. The van der Waals surface area contributed by atoms with Gasteiger partial charge in [-0.05, 0) is 13.8 Å². The van der Waals surface area contributed by atoms with E-state index < -0.39 is 0 Å². The maximum Gasteiger partial charge on any atom is 0.0943 e. The summed E-state index contributed by atoms with van der Waals surface area (Å²) >= 11 is 0. The van der Waals surface area contributed by atoms with Crippen molar-refractivity contribution in [3.8, 4) is 11.8 Å². The lowest BCUT2D eigenvalue weighted by molar-refractivity contribution is 0.913. The minimum absolute atomic E-state index is 1.75. The van der Waals surface area contributed by atoms with E-state index in [9.17, 15) is 0 Å². The Morgan fingerprint density at radius 2 is 1.75 bits per heavy atom. The monoisotopic (exact) mass is 164 g/mol. The molecule has 0 N–H and O–H groups in total. The molecule has 0 amide bonds. The van der Waals surface area contributed by atoms with Crippen molar-refractivity contribution < 1.29 is 0 Å². The summed E-state index contributed by atoms with van der Waals surface area (Å²) in [5, 5.41) is 12.0. The van der Waals surface area contributed by atoms with Crippen LogP contribution in [0, 0.1) is 22.6 Å². The van der Waals surface area contributed by atoms with Crippen molar-refractivity contribution in [3.63, 3.8) is 0 Å². The van der Waals surface area contributed by atoms with Crippen LogP contribution in [0.4, 0.5) is 0 Å². The molecule has 1 rings (SSSR count). The van der Waals surface area contributed by atoms with E-state index in [2.05, 4.69) is 16.8 Å². The van der Waals surface area contributed by atoms with Crippen LogP contribution in [-0.2, 0) is 7.05 Å². The highest BCUT2D eigenvalue weighted by atomic mass is 15.0. The lowest BCUT2D eigenvalue weighted by atomic mass is 10.7. The van der Waals surface area contributed by atoms with Crippen LogP contribution in [0.2, 0.25) is 0 Å². The van der Waals surface area contributed by atoms with Crippen molar-refractivity contribution in [2.75, 3.05) is 0 Å². The second kappa shape index (κ2) is 11.9. The molecule has 0 saturated carbocycles. The molecule has 0 saturated heterocycles. The number of aromatic nitrogens is 2. The molecule has 0 unspecified atom stereocenters. The molecule has 1 aromatic heterocycles. The van der Waals surface area contributed by atoms with Gasteiger partial charge in [-0.25, -0.2) is 4.98 Å². The van der Waals surface area contributed by atoms with Crippen LogP contribution in [0.1, 0.15) is 13.8 Å². The van der Waals surface area contributed by atoms with Gasteiger partial charge in [0, 0.05) is 30.2 Å². The Kier molecular flexibility index (Phi) is 12.7. The molecule has 0 fully saturated rings. The fourth-order valence-corrected chi connectivity index (χ4v) is 0.326. The highest BCUT2D eigenvalue weighted by Crippen LogP contribution is 1.73. The standard InChI is InChI=1S/C4H6N2.C4H6.N2/c1-6-3-2-5-4-6;1-3-4-2;1-2/h2-4H,1H3;1-2H3;. The zero-order valence-electron chi connectivity index (χ0n) is 7.52. The first-order valence-corrected chi connectivity index (χ1v) is 3.26. The Balaban J connectivity index is 0. The van der Waals surface area contributed by atoms with E-state index in [1.54, 1.807) is 12.5 Å². The van der Waals surface area contributed by atoms with E-state index in [1.165, 1.54) is 0 Å². The van der Waals surface area contributed by atoms with Crippen molar-refractivity contribution in [1.29, 1.82) is 10.8 Å². The van der Waals surface area contributed by atoms with Crippen molar-refractivity contribution in [2.24, 2.45) is 7.05 Å². The summed E-state index contributed by atoms with van der Waals surface area (Å²) in [6.45, 7) is 3.64. The van der Waals surface area contributed by atoms with E-state index in [4.69, 9.17) is 10.8 Å². The smallest absolute Gasteiger partial charge is 0.0943 e. The third-order valence-corrected chi connectivity index (χ3v) is 0.887. The fourth-order valence-electron chi connectivity index (χ4n) is 0.326. The summed E-state index contributed by atoms with van der Waals surface area (Å²) in [5.41, 5.74) is 0. The van der Waals surface area contributed by atoms with E-state index in [1.807, 2.05) is 31.7 Å². The third kappa shape index (κ3) is 11.0. The normalized spacial score (nSPS) is 5.75. The Labute approximate surface area is 72.7 Å². The van der Waals surface area contributed by atoms with Crippen LogP contribution in [-0.4, -0.2) is 9.55 Å². The topological polar surface area (TPSA) is 65.4 Å². The largest absolute Gasteiger partial charge is 0.341 e. The summed E-state index contributed by atoms with van der Waals surface area (Å²) < 4.78 is 1.89. The molecule has 0 radical (unpaired) electrons. The minimum atomic E-state index is 1.75. The number of rotatable bonds is 0. The maximum atomic E-state index is 6.00. The Hall–Kier alpha value is -1.81. The van der Waals surface area contributed by atoms with E-state index in [0.29, 0.717) is 0 Å². The molecule has 64 valence electrons. The quantitative estimate of drug-likeness (QED) is 0.431. The molecule has 4 heteroatoms. The van der Waals surface area contributed by atoms with Crippen LogP contribution in [0.25, 0.3) is 0 Å². The molecule has 1 heterocycles. The van der Waals surface area contributed by atoms with Gasteiger partial charge in [0.1, 0.15) is 0 Å². The molecule has 0 aliphatic heterocycles. The molecule has 4 nitrogen and oxygen atoms in total. The van der Waals surface area contributed by atoms with Gasteiger partial charge in [-0.3, -0.25) is 0 Å². The van der Waals surface area contributed by atoms with Gasteiger partial charge >= 0.3 is 0 Å². The van der Waals surface area contributed by atoms with E-state index in [-0.39, 0.29) is 0 Å². The van der Waals surface area contributed by atoms with Crippen LogP contribution < -0.4 is 0 Å². The van der Waals surface area contributed by atoms with Crippen molar-refractivity contribution >= 4 is 0 Å². The highest BCUT2D eigenvalue weighted by molar-refractivity contribution is 4.89. The Morgan fingerprint density at radius 1 is 1.25 bits per heavy atom. The van der Waals surface area contributed by atoms with Gasteiger partial charge in [-0.15, -0.1) is 11.8 Å². The molecule has 0 aromatic carbocycles. The number of hydrogen-bond donors (Lipinski definition) is 0. The SMILES string of the molecule is CC#CC.Cn1ccnc1.N#N. The molecule has 0 aliphatic carbocycles. The lowest BCUT2D eigenvalue weighted by Crippen LogP contribution is -1.76. The highest BCUT2D eigenvalue weighted by Gasteiger charge is 1.69.